The van der Waals surface area contributed by atoms with Crippen LogP contribution in [-0.4, -0.2) is 19.4 Å². The average Bonchev–Trinajstić information content (AvgIpc) is 2.40. The number of nitrogens with zero attached hydrogens (tertiary/aromatic N) is 1. The van der Waals surface area contributed by atoms with Crippen molar-refractivity contribution in [1.82, 2.24) is 0 Å². The van der Waals surface area contributed by atoms with Crippen molar-refractivity contribution >= 4 is 11.5 Å². The number of para-hydroxylation sites is 1. The third-order valence-corrected chi connectivity index (χ3v) is 5.01. The van der Waals surface area contributed by atoms with E-state index in [0.29, 0.717) is 17.1 Å². The highest BCUT2D eigenvalue weighted by Gasteiger charge is 2.35. The van der Waals surface area contributed by atoms with Gasteiger partial charge in [-0.05, 0) is 42.7 Å². The van der Waals surface area contributed by atoms with Crippen LogP contribution in [0.1, 0.15) is 45.6 Å². The summed E-state index contributed by atoms with van der Waals surface area (Å²) >= 11 is 0. The van der Waals surface area contributed by atoms with Gasteiger partial charge in [-0.15, -0.1) is 0 Å². The SMILES string of the molecule is Cc1ccccc1N(C)CC1CC(C(C)(C)C)CCC1=O. The molecular weight excluding hydrogens is 258 g/mol. The molecule has 1 aromatic rings. The average molecular weight is 287 g/mol. The van der Waals surface area contributed by atoms with Crippen LogP contribution in [0.2, 0.25) is 0 Å². The fourth-order valence-electron chi connectivity index (χ4n) is 3.50. The Labute approximate surface area is 129 Å². The molecule has 0 aliphatic heterocycles. The van der Waals surface area contributed by atoms with Gasteiger partial charge in [-0.25, -0.2) is 0 Å². The van der Waals surface area contributed by atoms with Crippen molar-refractivity contribution in [1.29, 1.82) is 0 Å². The van der Waals surface area contributed by atoms with E-state index in [9.17, 15) is 4.79 Å². The van der Waals surface area contributed by atoms with Gasteiger partial charge in [0.1, 0.15) is 5.78 Å². The van der Waals surface area contributed by atoms with Gasteiger partial charge < -0.3 is 4.90 Å². The first kappa shape index (κ1) is 16.1. The molecular formula is C19H29NO. The van der Waals surface area contributed by atoms with E-state index < -0.39 is 0 Å². The zero-order valence-corrected chi connectivity index (χ0v) is 14.1. The summed E-state index contributed by atoms with van der Waals surface area (Å²) in [5.74, 6) is 1.30. The second-order valence-corrected chi connectivity index (χ2v) is 7.67. The van der Waals surface area contributed by atoms with Crippen LogP contribution in [0.5, 0.6) is 0 Å². The zero-order valence-electron chi connectivity index (χ0n) is 14.1. The topological polar surface area (TPSA) is 20.3 Å². The fourth-order valence-corrected chi connectivity index (χ4v) is 3.50. The number of rotatable bonds is 3. The van der Waals surface area contributed by atoms with Crippen molar-refractivity contribution in [3.8, 4) is 0 Å². The van der Waals surface area contributed by atoms with Gasteiger partial charge in [0.25, 0.3) is 0 Å². The molecule has 0 spiro atoms. The maximum atomic E-state index is 12.3. The minimum absolute atomic E-state index is 0.188. The van der Waals surface area contributed by atoms with E-state index in [-0.39, 0.29) is 5.92 Å². The number of Topliss-reactive ketones (excluding diaryl/α,β-unsaturated/α-hetero) is 1. The van der Waals surface area contributed by atoms with E-state index in [0.717, 1.165) is 25.8 Å². The van der Waals surface area contributed by atoms with E-state index in [1.54, 1.807) is 0 Å². The van der Waals surface area contributed by atoms with Gasteiger partial charge in [0, 0.05) is 31.6 Å². The van der Waals surface area contributed by atoms with Crippen molar-refractivity contribution in [3.63, 3.8) is 0 Å². The van der Waals surface area contributed by atoms with Crippen LogP contribution in [0.3, 0.4) is 0 Å². The molecule has 1 fully saturated rings. The molecule has 21 heavy (non-hydrogen) atoms. The maximum Gasteiger partial charge on any atom is 0.137 e. The lowest BCUT2D eigenvalue weighted by atomic mass is 9.68. The molecule has 0 heterocycles. The molecule has 0 aromatic heterocycles. The molecule has 2 unspecified atom stereocenters. The number of carbonyl (C=O) groups is 1. The van der Waals surface area contributed by atoms with Crippen molar-refractivity contribution in [3.05, 3.63) is 29.8 Å². The lowest BCUT2D eigenvalue weighted by Crippen LogP contribution is -2.38. The van der Waals surface area contributed by atoms with Crippen LogP contribution < -0.4 is 4.90 Å². The number of benzene rings is 1. The van der Waals surface area contributed by atoms with E-state index >= 15 is 0 Å². The molecule has 0 radical (unpaired) electrons. The quantitative estimate of drug-likeness (QED) is 0.818. The van der Waals surface area contributed by atoms with Gasteiger partial charge >= 0.3 is 0 Å². The minimum Gasteiger partial charge on any atom is -0.374 e. The van der Waals surface area contributed by atoms with Gasteiger partial charge in [-0.2, -0.15) is 0 Å². The van der Waals surface area contributed by atoms with E-state index in [1.807, 2.05) is 0 Å². The van der Waals surface area contributed by atoms with Crippen LogP contribution in [-0.2, 0) is 4.79 Å². The highest BCUT2D eigenvalue weighted by Crippen LogP contribution is 2.39. The van der Waals surface area contributed by atoms with Crippen molar-refractivity contribution in [2.75, 3.05) is 18.5 Å². The molecule has 2 heteroatoms. The molecule has 1 saturated carbocycles. The molecule has 2 rings (SSSR count). The lowest BCUT2D eigenvalue weighted by Gasteiger charge is -2.38. The number of aryl methyl sites for hydroxylation is 1. The Bertz CT molecular complexity index is 501. The van der Waals surface area contributed by atoms with Crippen LogP contribution in [0.4, 0.5) is 5.69 Å². The predicted octanol–water partition coefficient (Wildman–Crippen LogP) is 4.46. The predicted molar refractivity (Wildman–Crippen MR) is 89.7 cm³/mol. The summed E-state index contributed by atoms with van der Waals surface area (Å²) in [4.78, 5) is 14.5. The fraction of sp³-hybridized carbons (Fsp3) is 0.632. The molecule has 0 N–H and O–H groups in total. The van der Waals surface area contributed by atoms with Crippen LogP contribution in [0.25, 0.3) is 0 Å². The summed E-state index contributed by atoms with van der Waals surface area (Å²) in [6.07, 6.45) is 2.86. The standard InChI is InChI=1S/C19H29NO/c1-14-8-6-7-9-17(14)20(5)13-15-12-16(19(2,3)4)10-11-18(15)21/h6-9,15-16H,10-13H2,1-5H3. The minimum atomic E-state index is 0.188. The number of ketones is 1. The number of hydrogen-bond donors (Lipinski definition) is 0. The summed E-state index contributed by atoms with van der Waals surface area (Å²) in [5, 5.41) is 0. The Hall–Kier alpha value is -1.31. The van der Waals surface area contributed by atoms with E-state index in [4.69, 9.17) is 0 Å². The molecule has 1 aliphatic rings. The number of anilines is 1. The summed E-state index contributed by atoms with van der Waals surface area (Å²) in [6.45, 7) is 9.88. The van der Waals surface area contributed by atoms with Gasteiger partial charge in [-0.1, -0.05) is 39.0 Å². The Kier molecular flexibility index (Phi) is 4.75. The van der Waals surface area contributed by atoms with Gasteiger partial charge in [0.15, 0.2) is 0 Å². The maximum absolute atomic E-state index is 12.3. The number of hydrogen-bond acceptors (Lipinski definition) is 2. The second-order valence-electron chi connectivity index (χ2n) is 7.67. The smallest absolute Gasteiger partial charge is 0.137 e. The zero-order chi connectivity index (χ0) is 15.6. The van der Waals surface area contributed by atoms with Crippen molar-refractivity contribution < 1.29 is 4.79 Å². The van der Waals surface area contributed by atoms with E-state index in [2.05, 4.69) is 63.9 Å². The first-order valence-corrected chi connectivity index (χ1v) is 8.08. The van der Waals surface area contributed by atoms with Gasteiger partial charge in [0.05, 0.1) is 0 Å². The van der Waals surface area contributed by atoms with Crippen molar-refractivity contribution in [2.24, 2.45) is 17.3 Å². The summed E-state index contributed by atoms with van der Waals surface area (Å²) < 4.78 is 0. The molecule has 116 valence electrons. The molecule has 0 amide bonds. The lowest BCUT2D eigenvalue weighted by molar-refractivity contribution is -0.126. The Morgan fingerprint density at radius 2 is 1.90 bits per heavy atom. The third kappa shape index (κ3) is 3.87. The molecule has 2 nitrogen and oxygen atoms in total. The van der Waals surface area contributed by atoms with Crippen LogP contribution in [0.15, 0.2) is 24.3 Å². The highest BCUT2D eigenvalue weighted by atomic mass is 16.1. The van der Waals surface area contributed by atoms with Crippen LogP contribution in [0, 0.1) is 24.2 Å². The molecule has 2 atom stereocenters. The van der Waals surface area contributed by atoms with Crippen LogP contribution >= 0.6 is 0 Å². The van der Waals surface area contributed by atoms with Gasteiger partial charge in [0.2, 0.25) is 0 Å². The summed E-state index contributed by atoms with van der Waals surface area (Å²) in [5.41, 5.74) is 2.82. The summed E-state index contributed by atoms with van der Waals surface area (Å²) in [7, 11) is 2.11. The van der Waals surface area contributed by atoms with Crippen molar-refractivity contribution in [2.45, 2.75) is 47.0 Å². The monoisotopic (exact) mass is 287 g/mol. The first-order valence-electron chi connectivity index (χ1n) is 8.08. The second kappa shape index (κ2) is 6.21. The molecule has 1 aromatic carbocycles. The third-order valence-electron chi connectivity index (χ3n) is 5.01. The Balaban J connectivity index is 2.07. The highest BCUT2D eigenvalue weighted by molar-refractivity contribution is 5.82. The van der Waals surface area contributed by atoms with Gasteiger partial charge in [-0.3, -0.25) is 4.79 Å². The number of carbonyl (C=O) groups excluding carboxylic acids is 1. The normalized spacial score (nSPS) is 23.2. The Morgan fingerprint density at radius 3 is 2.52 bits per heavy atom. The summed E-state index contributed by atoms with van der Waals surface area (Å²) in [6, 6.07) is 8.41. The first-order chi connectivity index (χ1) is 9.79. The molecule has 0 saturated heterocycles. The molecule has 0 bridgehead atoms. The van der Waals surface area contributed by atoms with E-state index in [1.165, 1.54) is 11.3 Å². The Morgan fingerprint density at radius 1 is 1.24 bits per heavy atom. The molecule has 1 aliphatic carbocycles. The largest absolute Gasteiger partial charge is 0.374 e.